The lowest BCUT2D eigenvalue weighted by Gasteiger charge is -2.47. The van der Waals surface area contributed by atoms with E-state index in [0.29, 0.717) is 18.8 Å². The topological polar surface area (TPSA) is 99.1 Å². The van der Waals surface area contributed by atoms with Gasteiger partial charge in [0.2, 0.25) is 5.91 Å². The molecule has 0 unspecified atom stereocenters. The normalized spacial score (nSPS) is 22.0. The maximum absolute atomic E-state index is 14.7. The van der Waals surface area contributed by atoms with Gasteiger partial charge in [-0.05, 0) is 37.5 Å². The van der Waals surface area contributed by atoms with E-state index in [0.717, 1.165) is 0 Å². The first kappa shape index (κ1) is 22.1. The maximum Gasteiger partial charge on any atom is 0.333 e. The number of benzene rings is 1. The largest absolute Gasteiger partial charge is 0.497 e. The molecule has 7 nitrogen and oxygen atoms in total. The van der Waals surface area contributed by atoms with E-state index in [-0.39, 0.29) is 24.4 Å². The first-order valence-corrected chi connectivity index (χ1v) is 9.39. The Bertz CT molecular complexity index is 727. The highest BCUT2D eigenvalue weighted by Gasteiger charge is 2.45. The summed E-state index contributed by atoms with van der Waals surface area (Å²) in [7, 11) is 1.48. The van der Waals surface area contributed by atoms with Crippen LogP contribution in [0, 0.1) is 17.7 Å². The third-order valence-corrected chi connectivity index (χ3v) is 5.27. The summed E-state index contributed by atoms with van der Waals surface area (Å²) >= 11 is 0. The third kappa shape index (κ3) is 4.44. The van der Waals surface area contributed by atoms with Crippen LogP contribution >= 0.6 is 0 Å². The predicted molar refractivity (Wildman–Crippen MR) is 101 cm³/mol. The van der Waals surface area contributed by atoms with E-state index in [1.165, 1.54) is 24.1 Å². The number of carbonyl (C=O) groups excluding carboxylic acids is 1. The summed E-state index contributed by atoms with van der Waals surface area (Å²) in [6, 6.07) is 4.34. The van der Waals surface area contributed by atoms with E-state index in [2.05, 4.69) is 5.32 Å². The number of nitrogens with one attached hydrogen (secondary N) is 1. The van der Waals surface area contributed by atoms with Crippen molar-refractivity contribution in [3.63, 3.8) is 0 Å². The highest BCUT2D eigenvalue weighted by molar-refractivity contribution is 5.86. The number of ether oxygens (including phenoxy) is 1. The van der Waals surface area contributed by atoms with Crippen molar-refractivity contribution in [3.8, 4) is 5.75 Å². The van der Waals surface area contributed by atoms with Crippen LogP contribution in [0.5, 0.6) is 5.75 Å². The lowest BCUT2D eigenvalue weighted by Crippen LogP contribution is -2.62. The number of aliphatic carboxylic acids is 1. The Balaban J connectivity index is 2.47. The molecule has 3 N–H and O–H groups in total. The molecule has 1 heterocycles. The van der Waals surface area contributed by atoms with Crippen molar-refractivity contribution in [2.75, 3.05) is 26.7 Å². The van der Waals surface area contributed by atoms with Crippen LogP contribution in [0.2, 0.25) is 0 Å². The number of amides is 1. The zero-order valence-electron chi connectivity index (χ0n) is 16.7. The molecular formula is C20H29FN2O5. The van der Waals surface area contributed by atoms with E-state index in [1.54, 1.807) is 13.0 Å². The first-order valence-electron chi connectivity index (χ1n) is 9.39. The molecule has 1 aromatic rings. The van der Waals surface area contributed by atoms with Crippen molar-refractivity contribution in [2.45, 2.75) is 38.8 Å². The summed E-state index contributed by atoms with van der Waals surface area (Å²) in [6.45, 7) is 6.49. The molecule has 1 amide bonds. The standard InChI is InChI=1S/C20H29FN2O5/c1-12(2)9-14(17(24)19(26)27)18(25)23-8-7-22-11-20(23,3)15-10-13(28-4)5-6-16(15)21/h5-6,10,12,14,17,22,24H,7-9,11H2,1-4H3,(H,26,27)/t14-,17-,20-/m0/s1. The average Bonchev–Trinajstić information content (AvgIpc) is 2.65. The van der Waals surface area contributed by atoms with Gasteiger partial charge < -0.3 is 25.2 Å². The molecule has 0 aromatic heterocycles. The SMILES string of the molecule is COc1ccc(F)c([C@]2(C)CNCCN2C(=O)[C@@H](CC(C)C)[C@H](O)C(=O)O)c1. The number of hydrogen-bond donors (Lipinski definition) is 3. The highest BCUT2D eigenvalue weighted by atomic mass is 19.1. The summed E-state index contributed by atoms with van der Waals surface area (Å²) in [5.74, 6) is -3.06. The van der Waals surface area contributed by atoms with E-state index in [9.17, 15) is 24.2 Å². The smallest absolute Gasteiger partial charge is 0.333 e. The summed E-state index contributed by atoms with van der Waals surface area (Å²) in [6.07, 6.45) is -1.60. The Morgan fingerprint density at radius 2 is 2.07 bits per heavy atom. The van der Waals surface area contributed by atoms with Crippen LogP contribution in [-0.2, 0) is 15.1 Å². The molecule has 3 atom stereocenters. The Labute approximate surface area is 164 Å². The number of aliphatic hydroxyl groups excluding tert-OH is 1. The zero-order chi connectivity index (χ0) is 21.1. The van der Waals surface area contributed by atoms with Crippen LogP contribution in [0.4, 0.5) is 4.39 Å². The number of halogens is 1. The zero-order valence-corrected chi connectivity index (χ0v) is 16.7. The van der Waals surface area contributed by atoms with Gasteiger partial charge in [0.25, 0.3) is 0 Å². The van der Waals surface area contributed by atoms with Gasteiger partial charge in [0, 0.05) is 25.2 Å². The van der Waals surface area contributed by atoms with Gasteiger partial charge in [-0.2, -0.15) is 0 Å². The number of carbonyl (C=O) groups is 2. The van der Waals surface area contributed by atoms with Crippen molar-refractivity contribution in [2.24, 2.45) is 11.8 Å². The fourth-order valence-electron chi connectivity index (χ4n) is 3.75. The van der Waals surface area contributed by atoms with Crippen LogP contribution in [0.1, 0.15) is 32.8 Å². The molecule has 0 saturated carbocycles. The minimum absolute atomic E-state index is 0.00526. The van der Waals surface area contributed by atoms with Gasteiger partial charge in [-0.15, -0.1) is 0 Å². The molecule has 0 aliphatic carbocycles. The molecule has 1 aliphatic heterocycles. The predicted octanol–water partition coefficient (Wildman–Crippen LogP) is 1.59. The van der Waals surface area contributed by atoms with E-state index in [4.69, 9.17) is 4.74 Å². The molecule has 28 heavy (non-hydrogen) atoms. The number of methoxy groups -OCH3 is 1. The van der Waals surface area contributed by atoms with Gasteiger partial charge in [0.15, 0.2) is 6.10 Å². The number of carboxylic acids is 1. The van der Waals surface area contributed by atoms with E-state index in [1.807, 2.05) is 13.8 Å². The van der Waals surface area contributed by atoms with Crippen molar-refractivity contribution in [1.82, 2.24) is 10.2 Å². The van der Waals surface area contributed by atoms with Crippen LogP contribution in [0.15, 0.2) is 18.2 Å². The van der Waals surface area contributed by atoms with Crippen LogP contribution in [0.3, 0.4) is 0 Å². The molecule has 1 aliphatic rings. The fourth-order valence-corrected chi connectivity index (χ4v) is 3.75. The van der Waals surface area contributed by atoms with Crippen molar-refractivity contribution in [3.05, 3.63) is 29.6 Å². The third-order valence-electron chi connectivity index (χ3n) is 5.27. The quantitative estimate of drug-likeness (QED) is 0.647. The number of piperazine rings is 1. The molecule has 0 bridgehead atoms. The van der Waals surface area contributed by atoms with E-state index < -0.39 is 35.3 Å². The molecular weight excluding hydrogens is 367 g/mol. The molecule has 8 heteroatoms. The number of nitrogens with zero attached hydrogens (tertiary/aromatic N) is 1. The Kier molecular flexibility index (Phi) is 7.01. The minimum atomic E-state index is -1.82. The van der Waals surface area contributed by atoms with Crippen molar-refractivity contribution in [1.29, 1.82) is 0 Å². The second-order valence-electron chi connectivity index (χ2n) is 7.81. The molecule has 2 rings (SSSR count). The Morgan fingerprint density at radius 3 is 2.64 bits per heavy atom. The Hall–Kier alpha value is -2.19. The van der Waals surface area contributed by atoms with Gasteiger partial charge in [0.1, 0.15) is 11.6 Å². The average molecular weight is 396 g/mol. The second kappa shape index (κ2) is 8.87. The number of rotatable bonds is 7. The highest BCUT2D eigenvalue weighted by Crippen LogP contribution is 2.36. The van der Waals surface area contributed by atoms with Crippen molar-refractivity contribution < 1.29 is 28.9 Å². The maximum atomic E-state index is 14.7. The van der Waals surface area contributed by atoms with Crippen LogP contribution in [-0.4, -0.2) is 59.8 Å². The van der Waals surface area contributed by atoms with Gasteiger partial charge >= 0.3 is 5.97 Å². The summed E-state index contributed by atoms with van der Waals surface area (Å²) < 4.78 is 19.9. The number of carboxylic acid groups (broad SMARTS) is 1. The Morgan fingerprint density at radius 1 is 1.39 bits per heavy atom. The second-order valence-corrected chi connectivity index (χ2v) is 7.81. The molecule has 156 valence electrons. The first-order chi connectivity index (χ1) is 13.1. The van der Waals surface area contributed by atoms with Gasteiger partial charge in [-0.3, -0.25) is 4.79 Å². The molecule has 1 saturated heterocycles. The molecule has 0 radical (unpaired) electrons. The number of aliphatic hydroxyl groups is 1. The lowest BCUT2D eigenvalue weighted by atomic mass is 9.84. The van der Waals surface area contributed by atoms with Gasteiger partial charge in [0.05, 0.1) is 18.6 Å². The molecule has 1 aromatic carbocycles. The summed E-state index contributed by atoms with van der Waals surface area (Å²) in [5.41, 5.74) is -0.776. The summed E-state index contributed by atoms with van der Waals surface area (Å²) in [4.78, 5) is 26.2. The molecule has 0 spiro atoms. The van der Waals surface area contributed by atoms with Crippen LogP contribution in [0.25, 0.3) is 0 Å². The minimum Gasteiger partial charge on any atom is -0.497 e. The van der Waals surface area contributed by atoms with Gasteiger partial charge in [-0.25, -0.2) is 9.18 Å². The van der Waals surface area contributed by atoms with Crippen molar-refractivity contribution >= 4 is 11.9 Å². The molecule has 1 fully saturated rings. The number of hydrogen-bond acceptors (Lipinski definition) is 5. The van der Waals surface area contributed by atoms with Crippen LogP contribution < -0.4 is 10.1 Å². The van der Waals surface area contributed by atoms with Gasteiger partial charge in [-0.1, -0.05) is 13.8 Å². The van der Waals surface area contributed by atoms with E-state index >= 15 is 0 Å². The lowest BCUT2D eigenvalue weighted by molar-refractivity contribution is -0.160. The summed E-state index contributed by atoms with van der Waals surface area (Å²) in [5, 5.41) is 22.6. The fraction of sp³-hybridized carbons (Fsp3) is 0.600. The monoisotopic (exact) mass is 396 g/mol.